The van der Waals surface area contributed by atoms with E-state index in [1.54, 1.807) is 11.1 Å². The third-order valence-corrected chi connectivity index (χ3v) is 4.93. The highest BCUT2D eigenvalue weighted by atomic mass is 14.2. The van der Waals surface area contributed by atoms with Crippen LogP contribution in [0.15, 0.2) is 42.5 Å². The van der Waals surface area contributed by atoms with E-state index in [1.165, 1.54) is 48.8 Å². The van der Waals surface area contributed by atoms with Crippen LogP contribution in [0.5, 0.6) is 0 Å². The molecule has 0 bridgehead atoms. The molecule has 2 aromatic rings. The van der Waals surface area contributed by atoms with Gasteiger partial charge < -0.3 is 0 Å². The van der Waals surface area contributed by atoms with E-state index in [9.17, 15) is 0 Å². The molecule has 110 valence electrons. The number of fused-ring (bicyclic) bond motifs is 1. The maximum atomic E-state index is 2.43. The van der Waals surface area contributed by atoms with Crippen molar-refractivity contribution >= 4 is 0 Å². The molecular formula is C21H26. The molecule has 1 aliphatic carbocycles. The normalized spacial score (nSPS) is 17.5. The maximum absolute atomic E-state index is 2.43. The van der Waals surface area contributed by atoms with Crippen LogP contribution in [0.2, 0.25) is 0 Å². The first-order chi connectivity index (χ1) is 10.3. The number of benzene rings is 2. The first-order valence-electron chi connectivity index (χ1n) is 8.51. The molecule has 0 heteroatoms. The third kappa shape index (κ3) is 3.20. The van der Waals surface area contributed by atoms with Crippen LogP contribution in [0.1, 0.15) is 49.8 Å². The first-order valence-corrected chi connectivity index (χ1v) is 8.51. The standard InChI is InChI=1S/C21H26/c1-3-5-17-8-11-21-15-20(13-12-19(21)14-17)18-9-6-16(4-2)7-10-18/h6-7,9-10,12-13,15,17H,3-5,8,11,14H2,1-2H3. The number of rotatable bonds is 4. The molecule has 0 heterocycles. The van der Waals surface area contributed by atoms with Crippen molar-refractivity contribution < 1.29 is 0 Å². The fraction of sp³-hybridized carbons (Fsp3) is 0.429. The Kier molecular flexibility index (Phi) is 4.43. The Morgan fingerprint density at radius 1 is 0.905 bits per heavy atom. The van der Waals surface area contributed by atoms with Gasteiger partial charge in [0.05, 0.1) is 0 Å². The second-order valence-electron chi connectivity index (χ2n) is 6.43. The average Bonchev–Trinajstić information content (AvgIpc) is 2.55. The van der Waals surface area contributed by atoms with E-state index < -0.39 is 0 Å². The van der Waals surface area contributed by atoms with Crippen LogP contribution < -0.4 is 0 Å². The van der Waals surface area contributed by atoms with Gasteiger partial charge in [0.1, 0.15) is 0 Å². The fourth-order valence-electron chi connectivity index (χ4n) is 3.60. The molecule has 1 aliphatic rings. The minimum absolute atomic E-state index is 0.914. The van der Waals surface area contributed by atoms with E-state index in [4.69, 9.17) is 0 Å². The molecule has 0 amide bonds. The molecule has 0 saturated heterocycles. The molecule has 0 aromatic heterocycles. The monoisotopic (exact) mass is 278 g/mol. The number of hydrogen-bond acceptors (Lipinski definition) is 0. The van der Waals surface area contributed by atoms with Gasteiger partial charge in [-0.3, -0.25) is 0 Å². The summed E-state index contributed by atoms with van der Waals surface area (Å²) in [4.78, 5) is 0. The summed E-state index contributed by atoms with van der Waals surface area (Å²) in [6, 6.07) is 16.2. The van der Waals surface area contributed by atoms with Crippen LogP contribution in [0.4, 0.5) is 0 Å². The Labute approximate surface area is 129 Å². The lowest BCUT2D eigenvalue weighted by atomic mass is 9.81. The summed E-state index contributed by atoms with van der Waals surface area (Å²) < 4.78 is 0. The van der Waals surface area contributed by atoms with Gasteiger partial charge in [-0.25, -0.2) is 0 Å². The predicted molar refractivity (Wildman–Crippen MR) is 91.7 cm³/mol. The van der Waals surface area contributed by atoms with Crippen molar-refractivity contribution in [1.29, 1.82) is 0 Å². The second-order valence-corrected chi connectivity index (χ2v) is 6.43. The lowest BCUT2D eigenvalue weighted by Crippen LogP contribution is -2.14. The van der Waals surface area contributed by atoms with Crippen LogP contribution in [0, 0.1) is 5.92 Å². The van der Waals surface area contributed by atoms with Crippen molar-refractivity contribution in [2.24, 2.45) is 5.92 Å². The van der Waals surface area contributed by atoms with Crippen LogP contribution >= 0.6 is 0 Å². The first kappa shape index (κ1) is 14.4. The fourth-order valence-corrected chi connectivity index (χ4v) is 3.60. The Morgan fingerprint density at radius 3 is 2.38 bits per heavy atom. The molecule has 1 unspecified atom stereocenters. The van der Waals surface area contributed by atoms with Crippen molar-refractivity contribution in [2.45, 2.75) is 52.4 Å². The summed E-state index contributed by atoms with van der Waals surface area (Å²) in [5.41, 5.74) is 7.32. The molecule has 1 atom stereocenters. The summed E-state index contributed by atoms with van der Waals surface area (Å²) in [7, 11) is 0. The Balaban J connectivity index is 1.83. The van der Waals surface area contributed by atoms with Gasteiger partial charge in [0, 0.05) is 0 Å². The summed E-state index contributed by atoms with van der Waals surface area (Å²) >= 11 is 0. The molecule has 0 fully saturated rings. The van der Waals surface area contributed by atoms with Crippen molar-refractivity contribution in [2.75, 3.05) is 0 Å². The molecule has 0 N–H and O–H groups in total. The molecule has 0 saturated carbocycles. The molecule has 0 spiro atoms. The van der Waals surface area contributed by atoms with Gasteiger partial charge in [-0.2, -0.15) is 0 Å². The quantitative estimate of drug-likeness (QED) is 0.661. The van der Waals surface area contributed by atoms with E-state index >= 15 is 0 Å². The predicted octanol–water partition coefficient (Wildman–Crippen LogP) is 5.82. The highest BCUT2D eigenvalue weighted by Gasteiger charge is 2.18. The summed E-state index contributed by atoms with van der Waals surface area (Å²) in [5.74, 6) is 0.914. The van der Waals surface area contributed by atoms with Crippen LogP contribution in [-0.2, 0) is 19.3 Å². The zero-order valence-electron chi connectivity index (χ0n) is 13.4. The molecule has 0 radical (unpaired) electrons. The lowest BCUT2D eigenvalue weighted by Gasteiger charge is -2.24. The van der Waals surface area contributed by atoms with E-state index in [2.05, 4.69) is 56.3 Å². The van der Waals surface area contributed by atoms with E-state index in [0.717, 1.165) is 12.3 Å². The van der Waals surface area contributed by atoms with Crippen LogP contribution in [0.25, 0.3) is 11.1 Å². The highest BCUT2D eigenvalue weighted by Crippen LogP contribution is 2.31. The zero-order valence-corrected chi connectivity index (χ0v) is 13.4. The molecule has 3 rings (SSSR count). The van der Waals surface area contributed by atoms with Gasteiger partial charge in [0.2, 0.25) is 0 Å². The molecule has 21 heavy (non-hydrogen) atoms. The Bertz CT molecular complexity index is 592. The largest absolute Gasteiger partial charge is 0.0654 e. The molecular weight excluding hydrogens is 252 g/mol. The topological polar surface area (TPSA) is 0 Å². The second kappa shape index (κ2) is 6.47. The van der Waals surface area contributed by atoms with Crippen LogP contribution in [0.3, 0.4) is 0 Å². The minimum Gasteiger partial charge on any atom is -0.0654 e. The van der Waals surface area contributed by atoms with Gasteiger partial charge in [0.25, 0.3) is 0 Å². The van der Waals surface area contributed by atoms with E-state index in [-0.39, 0.29) is 0 Å². The van der Waals surface area contributed by atoms with Gasteiger partial charge in [-0.1, -0.05) is 69.2 Å². The number of aryl methyl sites for hydroxylation is 2. The maximum Gasteiger partial charge on any atom is -0.0181 e. The Morgan fingerprint density at radius 2 is 1.67 bits per heavy atom. The lowest BCUT2D eigenvalue weighted by molar-refractivity contribution is 0.423. The van der Waals surface area contributed by atoms with Crippen molar-refractivity contribution in [3.63, 3.8) is 0 Å². The smallest absolute Gasteiger partial charge is 0.0181 e. The zero-order chi connectivity index (χ0) is 14.7. The van der Waals surface area contributed by atoms with E-state index in [1.807, 2.05) is 0 Å². The van der Waals surface area contributed by atoms with E-state index in [0.29, 0.717) is 0 Å². The highest BCUT2D eigenvalue weighted by molar-refractivity contribution is 5.65. The van der Waals surface area contributed by atoms with Crippen LogP contribution in [-0.4, -0.2) is 0 Å². The summed E-state index contributed by atoms with van der Waals surface area (Å²) in [6.45, 7) is 4.51. The summed E-state index contributed by atoms with van der Waals surface area (Å²) in [6.07, 6.45) is 7.75. The molecule has 0 aliphatic heterocycles. The van der Waals surface area contributed by atoms with Crippen molar-refractivity contribution in [3.05, 3.63) is 59.2 Å². The molecule has 0 nitrogen and oxygen atoms in total. The van der Waals surface area contributed by atoms with Gasteiger partial charge in [0.15, 0.2) is 0 Å². The van der Waals surface area contributed by atoms with Gasteiger partial charge in [-0.05, 0) is 59.4 Å². The summed E-state index contributed by atoms with van der Waals surface area (Å²) in [5, 5.41) is 0. The van der Waals surface area contributed by atoms with Gasteiger partial charge >= 0.3 is 0 Å². The van der Waals surface area contributed by atoms with Crippen molar-refractivity contribution in [3.8, 4) is 11.1 Å². The minimum atomic E-state index is 0.914. The average molecular weight is 278 g/mol. The Hall–Kier alpha value is -1.56. The molecule has 2 aromatic carbocycles. The van der Waals surface area contributed by atoms with Crippen molar-refractivity contribution in [1.82, 2.24) is 0 Å². The third-order valence-electron chi connectivity index (χ3n) is 4.93. The van der Waals surface area contributed by atoms with Gasteiger partial charge in [-0.15, -0.1) is 0 Å². The number of hydrogen-bond donors (Lipinski definition) is 0. The SMILES string of the molecule is CCCC1CCc2cc(-c3ccc(CC)cc3)ccc2C1.